The number of fused-ring (bicyclic) bond motifs is 1. The fourth-order valence-electron chi connectivity index (χ4n) is 3.20. The topological polar surface area (TPSA) is 66.5 Å². The number of carbonyl (C=O) groups excluding carboxylic acids is 3. The second-order valence-corrected chi connectivity index (χ2v) is 5.80. The molecule has 0 spiro atoms. The minimum atomic E-state index is -0.991. The second kappa shape index (κ2) is 5.87. The van der Waals surface area contributed by atoms with E-state index in [4.69, 9.17) is 0 Å². The van der Waals surface area contributed by atoms with E-state index >= 15 is 0 Å². The molecule has 3 aromatic rings. The molecule has 1 atom stereocenters. The predicted molar refractivity (Wildman–Crippen MR) is 94.2 cm³/mol. The van der Waals surface area contributed by atoms with Crippen LogP contribution in [0.5, 0.6) is 0 Å². The van der Waals surface area contributed by atoms with Crippen LogP contribution in [-0.2, 0) is 9.59 Å². The maximum absolute atomic E-state index is 12.7. The van der Waals surface area contributed by atoms with Gasteiger partial charge < -0.3 is 0 Å². The summed E-state index contributed by atoms with van der Waals surface area (Å²) in [5.41, 5.74) is 1.19. The predicted octanol–water partition coefficient (Wildman–Crippen LogP) is 3.21. The Morgan fingerprint density at radius 2 is 1.44 bits per heavy atom. The number of carbonyl (C=O) groups is 3. The number of benzene rings is 3. The van der Waals surface area contributed by atoms with E-state index in [-0.39, 0.29) is 0 Å². The minimum Gasteiger partial charge on any atom is -0.286 e. The summed E-state index contributed by atoms with van der Waals surface area (Å²) in [6, 6.07) is 20.4. The molecule has 1 fully saturated rings. The maximum atomic E-state index is 12.7. The molecule has 1 heterocycles. The number of imide groups is 1. The van der Waals surface area contributed by atoms with Crippen molar-refractivity contribution in [2.75, 3.05) is 4.90 Å². The Morgan fingerprint density at radius 1 is 0.760 bits per heavy atom. The lowest BCUT2D eigenvalue weighted by Crippen LogP contribution is -2.56. The molecule has 1 N–H and O–H groups in total. The molecule has 1 aliphatic heterocycles. The van der Waals surface area contributed by atoms with E-state index in [0.29, 0.717) is 11.3 Å². The molecule has 0 aliphatic carbocycles. The van der Waals surface area contributed by atoms with Gasteiger partial charge in [0.1, 0.15) is 6.04 Å². The molecular weight excluding hydrogens is 316 g/mol. The van der Waals surface area contributed by atoms with Crippen molar-refractivity contribution in [2.45, 2.75) is 6.04 Å². The van der Waals surface area contributed by atoms with Gasteiger partial charge in [-0.3, -0.25) is 19.8 Å². The molecular formula is C20H14N2O3. The van der Waals surface area contributed by atoms with Gasteiger partial charge in [0.15, 0.2) is 0 Å². The van der Waals surface area contributed by atoms with E-state index in [1.807, 2.05) is 42.5 Å². The van der Waals surface area contributed by atoms with Crippen molar-refractivity contribution >= 4 is 34.2 Å². The van der Waals surface area contributed by atoms with E-state index in [1.165, 1.54) is 4.90 Å². The highest BCUT2D eigenvalue weighted by molar-refractivity contribution is 6.44. The zero-order valence-electron chi connectivity index (χ0n) is 13.2. The largest absolute Gasteiger partial charge is 0.329 e. The smallest absolute Gasteiger partial charge is 0.286 e. The van der Waals surface area contributed by atoms with Gasteiger partial charge in [-0.05, 0) is 28.5 Å². The summed E-state index contributed by atoms with van der Waals surface area (Å²) in [6.07, 6.45) is 0. The van der Waals surface area contributed by atoms with E-state index < -0.39 is 23.8 Å². The van der Waals surface area contributed by atoms with Crippen molar-refractivity contribution in [3.63, 3.8) is 0 Å². The lowest BCUT2D eigenvalue weighted by atomic mass is 9.93. The van der Waals surface area contributed by atoms with Crippen LogP contribution in [0.4, 0.5) is 10.5 Å². The normalized spacial score (nSPS) is 17.7. The molecule has 1 unspecified atom stereocenters. The first-order chi connectivity index (χ1) is 12.2. The number of anilines is 1. The van der Waals surface area contributed by atoms with Crippen molar-refractivity contribution < 1.29 is 14.4 Å². The summed E-state index contributed by atoms with van der Waals surface area (Å²) < 4.78 is 0. The molecule has 5 nitrogen and oxygen atoms in total. The molecule has 0 radical (unpaired) electrons. The third-order valence-corrected chi connectivity index (χ3v) is 4.32. The number of hydrogen-bond acceptors (Lipinski definition) is 3. The van der Waals surface area contributed by atoms with Crippen molar-refractivity contribution in [2.24, 2.45) is 0 Å². The van der Waals surface area contributed by atoms with Gasteiger partial charge >= 0.3 is 6.03 Å². The van der Waals surface area contributed by atoms with Gasteiger partial charge in [-0.25, -0.2) is 4.79 Å². The number of amides is 3. The van der Waals surface area contributed by atoms with Crippen LogP contribution in [-0.4, -0.2) is 17.7 Å². The van der Waals surface area contributed by atoms with Crippen LogP contribution >= 0.6 is 0 Å². The van der Waals surface area contributed by atoms with Crippen LogP contribution in [0.1, 0.15) is 11.6 Å². The Hall–Kier alpha value is -3.47. The molecule has 0 aromatic heterocycles. The van der Waals surface area contributed by atoms with Crippen LogP contribution in [0.25, 0.3) is 10.8 Å². The summed E-state index contributed by atoms with van der Waals surface area (Å²) in [5.74, 6) is -1.53. The number of nitrogens with zero attached hydrogens (tertiary/aromatic N) is 1. The molecule has 25 heavy (non-hydrogen) atoms. The Bertz CT molecular complexity index is 993. The fraction of sp³-hybridized carbons (Fsp3) is 0.0500. The fourth-order valence-corrected chi connectivity index (χ4v) is 3.20. The van der Waals surface area contributed by atoms with Gasteiger partial charge in [0.05, 0.1) is 0 Å². The standard InChI is InChI=1S/C20H14N2O3/c23-18-17(16-12-6-8-13-7-4-5-11-15(13)16)22(20(25)21-19(18)24)14-9-2-1-3-10-14/h1-12,17H,(H,21,24,25). The summed E-state index contributed by atoms with van der Waals surface area (Å²) >= 11 is 0. The molecule has 1 saturated heterocycles. The minimum absolute atomic E-state index is 0.554. The Balaban J connectivity index is 1.95. The van der Waals surface area contributed by atoms with E-state index in [1.54, 1.807) is 30.3 Å². The maximum Gasteiger partial charge on any atom is 0.329 e. The first kappa shape index (κ1) is 15.1. The summed E-state index contributed by atoms with van der Waals surface area (Å²) in [4.78, 5) is 38.5. The molecule has 0 bridgehead atoms. The third kappa shape index (κ3) is 2.46. The molecule has 4 rings (SSSR count). The van der Waals surface area contributed by atoms with Crippen LogP contribution < -0.4 is 10.2 Å². The van der Waals surface area contributed by atoms with Crippen LogP contribution in [0, 0.1) is 0 Å². The molecule has 3 amide bonds. The lowest BCUT2D eigenvalue weighted by Gasteiger charge is -2.34. The number of hydrogen-bond donors (Lipinski definition) is 1. The molecule has 122 valence electrons. The average molecular weight is 330 g/mol. The molecule has 5 heteroatoms. The number of urea groups is 1. The third-order valence-electron chi connectivity index (χ3n) is 4.32. The van der Waals surface area contributed by atoms with Gasteiger partial charge in [0.2, 0.25) is 5.78 Å². The van der Waals surface area contributed by atoms with Crippen molar-refractivity contribution in [3.8, 4) is 0 Å². The summed E-state index contributed by atoms with van der Waals surface area (Å²) in [5, 5.41) is 3.91. The highest BCUT2D eigenvalue weighted by Crippen LogP contribution is 2.34. The first-order valence-corrected chi connectivity index (χ1v) is 7.88. The highest BCUT2D eigenvalue weighted by atomic mass is 16.2. The SMILES string of the molecule is O=C1NC(=O)N(c2ccccc2)C(c2cccc3ccccc23)C1=O. The van der Waals surface area contributed by atoms with Crippen LogP contribution in [0.3, 0.4) is 0 Å². The van der Waals surface area contributed by atoms with Gasteiger partial charge in [0.25, 0.3) is 5.91 Å². The molecule has 1 aliphatic rings. The Morgan fingerprint density at radius 3 is 2.24 bits per heavy atom. The summed E-state index contributed by atoms with van der Waals surface area (Å²) in [6.45, 7) is 0. The van der Waals surface area contributed by atoms with Crippen LogP contribution in [0.2, 0.25) is 0 Å². The van der Waals surface area contributed by atoms with Gasteiger partial charge in [-0.15, -0.1) is 0 Å². The van der Waals surface area contributed by atoms with E-state index in [2.05, 4.69) is 5.32 Å². The Labute approximate surface area is 143 Å². The number of Topliss-reactive ketones (excluding diaryl/α,β-unsaturated/α-hetero) is 1. The van der Waals surface area contributed by atoms with Crippen molar-refractivity contribution in [3.05, 3.63) is 78.4 Å². The zero-order valence-corrected chi connectivity index (χ0v) is 13.2. The van der Waals surface area contributed by atoms with Gasteiger partial charge in [-0.2, -0.15) is 0 Å². The van der Waals surface area contributed by atoms with Gasteiger partial charge in [0, 0.05) is 5.69 Å². The van der Waals surface area contributed by atoms with Gasteiger partial charge in [-0.1, -0.05) is 60.7 Å². The summed E-state index contributed by atoms with van der Waals surface area (Å²) in [7, 11) is 0. The quantitative estimate of drug-likeness (QED) is 0.734. The average Bonchev–Trinajstić information content (AvgIpc) is 2.65. The van der Waals surface area contributed by atoms with Crippen molar-refractivity contribution in [1.29, 1.82) is 0 Å². The molecule has 3 aromatic carbocycles. The second-order valence-electron chi connectivity index (χ2n) is 5.80. The first-order valence-electron chi connectivity index (χ1n) is 7.88. The zero-order chi connectivity index (χ0) is 17.4. The number of ketones is 1. The molecule has 0 saturated carbocycles. The Kier molecular flexibility index (Phi) is 3.54. The number of rotatable bonds is 2. The monoisotopic (exact) mass is 330 g/mol. The highest BCUT2D eigenvalue weighted by Gasteiger charge is 2.42. The van der Waals surface area contributed by atoms with Crippen molar-refractivity contribution in [1.82, 2.24) is 5.32 Å². The lowest BCUT2D eigenvalue weighted by molar-refractivity contribution is -0.138. The van der Waals surface area contributed by atoms with E-state index in [0.717, 1.165) is 10.8 Å². The number of nitrogens with one attached hydrogen (secondary N) is 1. The van der Waals surface area contributed by atoms with E-state index in [9.17, 15) is 14.4 Å². The van der Waals surface area contributed by atoms with Crippen LogP contribution in [0.15, 0.2) is 72.8 Å². The number of para-hydroxylation sites is 1.